The Morgan fingerprint density at radius 2 is 1.68 bits per heavy atom. The van der Waals surface area contributed by atoms with Gasteiger partial charge in [-0.1, -0.05) is 30.3 Å². The summed E-state index contributed by atoms with van der Waals surface area (Å²) in [4.78, 5) is 33.8. The van der Waals surface area contributed by atoms with Gasteiger partial charge in [0.25, 0.3) is 11.5 Å². The Hall–Kier alpha value is -4.75. The van der Waals surface area contributed by atoms with Crippen molar-refractivity contribution in [2.24, 2.45) is 5.73 Å². The summed E-state index contributed by atoms with van der Waals surface area (Å²) in [6.07, 6.45) is 1.57. The molecule has 0 aliphatic rings. The number of aromatic nitrogens is 3. The Labute approximate surface area is 210 Å². The van der Waals surface area contributed by atoms with Gasteiger partial charge in [0.05, 0.1) is 33.3 Å². The van der Waals surface area contributed by atoms with Gasteiger partial charge >= 0.3 is 0 Å². The summed E-state index contributed by atoms with van der Waals surface area (Å²) in [5.41, 5.74) is 8.31. The molecule has 7 rings (SSSR count). The molecule has 7 heteroatoms. The van der Waals surface area contributed by atoms with Gasteiger partial charge in [0.2, 0.25) is 0 Å². The molecule has 0 bridgehead atoms. The number of carbonyl (C=O) groups excluding carboxylic acids is 1. The van der Waals surface area contributed by atoms with Crippen LogP contribution in [-0.4, -0.2) is 25.5 Å². The third-order valence-electron chi connectivity index (χ3n) is 7.35. The minimum Gasteiger partial charge on any atom is -0.386 e. The minimum atomic E-state index is -1.12. The fourth-order valence-corrected chi connectivity index (χ4v) is 5.61. The van der Waals surface area contributed by atoms with Crippen LogP contribution < -0.4 is 11.3 Å². The van der Waals surface area contributed by atoms with Crippen molar-refractivity contribution in [1.29, 1.82) is 0 Å². The Morgan fingerprint density at radius 1 is 0.919 bits per heavy atom. The molecule has 4 N–H and O–H groups in total. The van der Waals surface area contributed by atoms with Crippen LogP contribution in [0.4, 0.5) is 0 Å². The van der Waals surface area contributed by atoms with Gasteiger partial charge in [-0.05, 0) is 72.0 Å². The van der Waals surface area contributed by atoms with Crippen LogP contribution in [0.5, 0.6) is 0 Å². The number of nitrogens with two attached hydrogens (primary N) is 1. The molecule has 37 heavy (non-hydrogen) atoms. The number of benzene rings is 5. The number of amides is 1. The molecule has 0 spiro atoms. The van der Waals surface area contributed by atoms with Crippen LogP contribution in [0, 0.1) is 0 Å². The molecule has 7 aromatic rings. The zero-order chi connectivity index (χ0) is 25.6. The van der Waals surface area contributed by atoms with Crippen molar-refractivity contribution in [3.05, 3.63) is 94.5 Å². The lowest BCUT2D eigenvalue weighted by atomic mass is 9.88. The molecular formula is C30H22N4O3. The lowest BCUT2D eigenvalue weighted by molar-refractivity contribution is 0.0788. The van der Waals surface area contributed by atoms with Gasteiger partial charge in [-0.15, -0.1) is 0 Å². The molecule has 7 nitrogen and oxygen atoms in total. The maximum Gasteiger partial charge on any atom is 0.265 e. The van der Waals surface area contributed by atoms with Crippen LogP contribution >= 0.6 is 0 Å². The predicted molar refractivity (Wildman–Crippen MR) is 147 cm³/mol. The zero-order valence-electron chi connectivity index (χ0n) is 20.2. The average Bonchev–Trinajstić information content (AvgIpc) is 3.27. The molecule has 0 radical (unpaired) electrons. The van der Waals surface area contributed by atoms with E-state index in [4.69, 9.17) is 5.73 Å². The van der Waals surface area contributed by atoms with E-state index < -0.39 is 11.5 Å². The third-order valence-corrected chi connectivity index (χ3v) is 7.35. The normalized spacial score (nSPS) is 12.5. The average molecular weight is 487 g/mol. The molecular weight excluding hydrogens is 464 g/mol. The van der Waals surface area contributed by atoms with Gasteiger partial charge in [0.15, 0.2) is 0 Å². The molecule has 0 aliphatic carbocycles. The topological polar surface area (TPSA) is 114 Å². The van der Waals surface area contributed by atoms with E-state index in [1.807, 2.05) is 54.6 Å². The second-order valence-corrected chi connectivity index (χ2v) is 10.0. The second kappa shape index (κ2) is 7.15. The first-order valence-corrected chi connectivity index (χ1v) is 12.0. The molecule has 5 aromatic carbocycles. The van der Waals surface area contributed by atoms with Crippen LogP contribution in [-0.2, 0) is 5.60 Å². The Balaban J connectivity index is 1.74. The maximum absolute atomic E-state index is 13.6. The van der Waals surface area contributed by atoms with Gasteiger partial charge in [0, 0.05) is 21.7 Å². The number of hydrogen-bond donors (Lipinski definition) is 3. The standard InChI is InChI=1S/C30H22N4O3/c1-30(2,37)15-12-20-24-16(17-10-11-19(28(31)35)27-26(17)25(20)22(13-15)33-27)7-5-9-23(24)34-14-32-21-8-4-3-6-18(21)29(34)36/h3-14,33,37H,1-2H3,(H2,31,35). The van der Waals surface area contributed by atoms with Crippen molar-refractivity contribution in [2.45, 2.75) is 19.4 Å². The number of H-pyrrole nitrogens is 1. The summed E-state index contributed by atoms with van der Waals surface area (Å²) in [7, 11) is 0. The molecule has 180 valence electrons. The van der Waals surface area contributed by atoms with E-state index in [1.165, 1.54) is 0 Å². The molecule has 0 saturated heterocycles. The maximum atomic E-state index is 13.6. The Kier molecular flexibility index (Phi) is 4.16. The van der Waals surface area contributed by atoms with Gasteiger partial charge in [-0.25, -0.2) is 4.98 Å². The quantitative estimate of drug-likeness (QED) is 0.302. The number of fused-ring (bicyclic) bond motifs is 4. The molecule has 1 amide bonds. The number of para-hydroxylation sites is 1. The lowest BCUT2D eigenvalue weighted by Crippen LogP contribution is -2.19. The van der Waals surface area contributed by atoms with E-state index in [0.29, 0.717) is 33.2 Å². The van der Waals surface area contributed by atoms with Crippen molar-refractivity contribution in [3.8, 4) is 5.69 Å². The highest BCUT2D eigenvalue weighted by Gasteiger charge is 2.25. The summed E-state index contributed by atoms with van der Waals surface area (Å²) in [6, 6.07) is 20.6. The van der Waals surface area contributed by atoms with Crippen LogP contribution in [0.25, 0.3) is 59.9 Å². The van der Waals surface area contributed by atoms with Gasteiger partial charge in [-0.3, -0.25) is 14.2 Å². The highest BCUT2D eigenvalue weighted by molar-refractivity contribution is 6.36. The Morgan fingerprint density at radius 3 is 2.46 bits per heavy atom. The summed E-state index contributed by atoms with van der Waals surface area (Å²) >= 11 is 0. The van der Waals surface area contributed by atoms with Crippen LogP contribution in [0.15, 0.2) is 77.9 Å². The van der Waals surface area contributed by atoms with E-state index in [9.17, 15) is 14.7 Å². The first kappa shape index (κ1) is 21.5. The number of aromatic amines is 1. The summed E-state index contributed by atoms with van der Waals surface area (Å²) < 4.78 is 1.58. The van der Waals surface area contributed by atoms with Gasteiger partial charge in [0.1, 0.15) is 6.33 Å². The SMILES string of the molecule is CC(C)(O)c1cc2[nH]c3c(C(N)=O)ccc4c5cccc(-n6cnc7ccccc7c6=O)c5c(c1)c2c34. The zero-order valence-corrected chi connectivity index (χ0v) is 20.2. The van der Waals surface area contributed by atoms with Crippen molar-refractivity contribution in [2.75, 3.05) is 0 Å². The second-order valence-electron chi connectivity index (χ2n) is 10.0. The molecule has 0 aliphatic heterocycles. The van der Waals surface area contributed by atoms with Crippen LogP contribution in [0.1, 0.15) is 29.8 Å². The fraction of sp³-hybridized carbons (Fsp3) is 0.100. The van der Waals surface area contributed by atoms with E-state index in [0.717, 1.165) is 37.8 Å². The van der Waals surface area contributed by atoms with E-state index in [2.05, 4.69) is 9.97 Å². The molecule has 0 saturated carbocycles. The summed E-state index contributed by atoms with van der Waals surface area (Å²) in [5, 5.41) is 16.9. The van der Waals surface area contributed by atoms with Gasteiger partial charge < -0.3 is 15.8 Å². The lowest BCUT2D eigenvalue weighted by Gasteiger charge is -2.20. The molecule has 0 unspecified atom stereocenters. The van der Waals surface area contributed by atoms with E-state index in [-0.39, 0.29) is 5.56 Å². The number of hydrogen-bond acceptors (Lipinski definition) is 4. The fourth-order valence-electron chi connectivity index (χ4n) is 5.61. The molecule has 2 aromatic heterocycles. The van der Waals surface area contributed by atoms with Crippen molar-refractivity contribution >= 4 is 60.2 Å². The number of primary amides is 1. The largest absolute Gasteiger partial charge is 0.386 e. The minimum absolute atomic E-state index is 0.164. The number of nitrogens with zero attached hydrogens (tertiary/aromatic N) is 2. The molecule has 0 atom stereocenters. The van der Waals surface area contributed by atoms with E-state index in [1.54, 1.807) is 36.9 Å². The highest BCUT2D eigenvalue weighted by atomic mass is 16.3. The summed E-state index contributed by atoms with van der Waals surface area (Å²) in [6.45, 7) is 3.47. The highest BCUT2D eigenvalue weighted by Crippen LogP contribution is 2.44. The number of carbonyl (C=O) groups is 1. The van der Waals surface area contributed by atoms with Gasteiger partial charge in [-0.2, -0.15) is 0 Å². The number of rotatable bonds is 3. The van der Waals surface area contributed by atoms with E-state index >= 15 is 0 Å². The summed E-state index contributed by atoms with van der Waals surface area (Å²) in [5.74, 6) is -0.518. The third kappa shape index (κ3) is 2.89. The first-order chi connectivity index (χ1) is 17.7. The predicted octanol–water partition coefficient (Wildman–Crippen LogP) is 5.09. The van der Waals surface area contributed by atoms with Crippen LogP contribution in [0.3, 0.4) is 0 Å². The Bertz CT molecular complexity index is 2130. The van der Waals surface area contributed by atoms with Crippen molar-refractivity contribution in [3.63, 3.8) is 0 Å². The van der Waals surface area contributed by atoms with Crippen molar-refractivity contribution < 1.29 is 9.90 Å². The van der Waals surface area contributed by atoms with Crippen molar-refractivity contribution in [1.82, 2.24) is 14.5 Å². The first-order valence-electron chi connectivity index (χ1n) is 12.0. The monoisotopic (exact) mass is 486 g/mol. The van der Waals surface area contributed by atoms with Crippen LogP contribution in [0.2, 0.25) is 0 Å². The number of aliphatic hydroxyl groups is 1. The number of nitrogens with one attached hydrogen (secondary N) is 1. The smallest absolute Gasteiger partial charge is 0.265 e. The molecule has 0 fully saturated rings. The molecule has 2 heterocycles.